The number of nitrogens with one attached hydrogen (secondary N) is 1. The highest BCUT2D eigenvalue weighted by Crippen LogP contribution is 2.28. The standard InChI is InChI=1S/C12H17NO4/c1-12(2,3)7-17-9-6-4-5-8(14)10(9)11(15)13-16/h4-6,14,16H,7H2,1-3H3,(H,13,15). The van der Waals surface area contributed by atoms with Gasteiger partial charge in [0.15, 0.2) is 0 Å². The minimum atomic E-state index is -0.799. The van der Waals surface area contributed by atoms with E-state index in [4.69, 9.17) is 9.94 Å². The Kier molecular flexibility index (Phi) is 3.96. The monoisotopic (exact) mass is 239 g/mol. The summed E-state index contributed by atoms with van der Waals surface area (Å²) >= 11 is 0. The maximum atomic E-state index is 11.4. The first-order valence-corrected chi connectivity index (χ1v) is 5.24. The average molecular weight is 239 g/mol. The van der Waals surface area contributed by atoms with Gasteiger partial charge in [-0.1, -0.05) is 26.8 Å². The Morgan fingerprint density at radius 1 is 1.41 bits per heavy atom. The van der Waals surface area contributed by atoms with Gasteiger partial charge in [0.25, 0.3) is 5.91 Å². The third-order valence-corrected chi connectivity index (χ3v) is 1.99. The molecule has 0 bridgehead atoms. The number of ether oxygens (including phenoxy) is 1. The number of rotatable bonds is 3. The van der Waals surface area contributed by atoms with Gasteiger partial charge in [-0.05, 0) is 17.5 Å². The van der Waals surface area contributed by atoms with Crippen molar-refractivity contribution in [3.05, 3.63) is 23.8 Å². The fraction of sp³-hybridized carbons (Fsp3) is 0.417. The van der Waals surface area contributed by atoms with Gasteiger partial charge in [-0.2, -0.15) is 0 Å². The average Bonchev–Trinajstić information content (AvgIpc) is 2.24. The predicted molar refractivity (Wildman–Crippen MR) is 62.3 cm³/mol. The Morgan fingerprint density at radius 3 is 2.59 bits per heavy atom. The topological polar surface area (TPSA) is 78.8 Å². The van der Waals surface area contributed by atoms with Crippen LogP contribution >= 0.6 is 0 Å². The summed E-state index contributed by atoms with van der Waals surface area (Å²) in [4.78, 5) is 11.4. The zero-order valence-electron chi connectivity index (χ0n) is 10.2. The predicted octanol–water partition coefficient (Wildman–Crippen LogP) is 1.94. The largest absolute Gasteiger partial charge is 0.507 e. The molecule has 94 valence electrons. The van der Waals surface area contributed by atoms with E-state index in [2.05, 4.69) is 0 Å². The maximum Gasteiger partial charge on any atom is 0.282 e. The SMILES string of the molecule is CC(C)(C)COc1cccc(O)c1C(=O)NO. The van der Waals surface area contributed by atoms with Crippen molar-refractivity contribution < 1.29 is 19.8 Å². The van der Waals surface area contributed by atoms with Gasteiger partial charge in [0.05, 0.1) is 6.61 Å². The third-order valence-electron chi connectivity index (χ3n) is 1.99. The van der Waals surface area contributed by atoms with Gasteiger partial charge < -0.3 is 9.84 Å². The zero-order valence-corrected chi connectivity index (χ0v) is 10.2. The van der Waals surface area contributed by atoms with Crippen molar-refractivity contribution in [3.63, 3.8) is 0 Å². The van der Waals surface area contributed by atoms with Gasteiger partial charge >= 0.3 is 0 Å². The molecule has 0 atom stereocenters. The summed E-state index contributed by atoms with van der Waals surface area (Å²) in [6, 6.07) is 4.49. The second kappa shape index (κ2) is 5.05. The zero-order chi connectivity index (χ0) is 13.1. The molecule has 0 saturated heterocycles. The maximum absolute atomic E-state index is 11.4. The van der Waals surface area contributed by atoms with Crippen molar-refractivity contribution in [2.75, 3.05) is 6.61 Å². The fourth-order valence-electron chi connectivity index (χ4n) is 1.22. The molecule has 0 saturated carbocycles. The lowest BCUT2D eigenvalue weighted by atomic mass is 9.98. The number of hydrogen-bond acceptors (Lipinski definition) is 4. The summed E-state index contributed by atoms with van der Waals surface area (Å²) in [5.74, 6) is -0.790. The Morgan fingerprint density at radius 2 is 2.06 bits per heavy atom. The van der Waals surface area contributed by atoms with E-state index in [1.54, 1.807) is 12.1 Å². The lowest BCUT2D eigenvalue weighted by molar-refractivity contribution is 0.0696. The Labute approximate surface area is 100.0 Å². The van der Waals surface area contributed by atoms with Crippen molar-refractivity contribution >= 4 is 5.91 Å². The molecule has 1 aromatic rings. The fourth-order valence-corrected chi connectivity index (χ4v) is 1.22. The molecule has 1 aromatic carbocycles. The summed E-state index contributed by atoms with van der Waals surface area (Å²) in [6.07, 6.45) is 0. The highest BCUT2D eigenvalue weighted by molar-refractivity contribution is 5.98. The molecule has 5 heteroatoms. The van der Waals surface area contributed by atoms with E-state index in [1.165, 1.54) is 11.5 Å². The van der Waals surface area contributed by atoms with E-state index in [9.17, 15) is 9.90 Å². The lowest BCUT2D eigenvalue weighted by Gasteiger charge is -2.20. The number of hydrogen-bond donors (Lipinski definition) is 3. The molecule has 0 radical (unpaired) electrons. The Bertz CT molecular complexity index is 409. The molecule has 0 heterocycles. The van der Waals surface area contributed by atoms with Gasteiger partial charge in [0.1, 0.15) is 17.1 Å². The van der Waals surface area contributed by atoms with Crippen molar-refractivity contribution in [2.24, 2.45) is 5.41 Å². The summed E-state index contributed by atoms with van der Waals surface area (Å²) in [5, 5.41) is 18.2. The smallest absolute Gasteiger partial charge is 0.282 e. The quantitative estimate of drug-likeness (QED) is 0.556. The second-order valence-electron chi connectivity index (χ2n) is 4.94. The number of carbonyl (C=O) groups is 1. The molecule has 0 aromatic heterocycles. The molecule has 0 fully saturated rings. The summed E-state index contributed by atoms with van der Waals surface area (Å²) in [6.45, 7) is 6.35. The number of aromatic hydroxyl groups is 1. The molecule has 17 heavy (non-hydrogen) atoms. The van der Waals surface area contributed by atoms with Crippen LogP contribution in [0.25, 0.3) is 0 Å². The minimum absolute atomic E-state index is 0.0701. The van der Waals surface area contributed by atoms with Crippen LogP contribution in [0.2, 0.25) is 0 Å². The van der Waals surface area contributed by atoms with E-state index >= 15 is 0 Å². The Hall–Kier alpha value is -1.75. The first-order valence-electron chi connectivity index (χ1n) is 5.24. The molecular formula is C12H17NO4. The second-order valence-corrected chi connectivity index (χ2v) is 4.94. The number of phenols is 1. The van der Waals surface area contributed by atoms with Crippen molar-refractivity contribution in [2.45, 2.75) is 20.8 Å². The highest BCUT2D eigenvalue weighted by Gasteiger charge is 2.19. The Balaban J connectivity index is 2.99. The van der Waals surface area contributed by atoms with Crippen LogP contribution in [0.3, 0.4) is 0 Å². The number of amides is 1. The summed E-state index contributed by atoms with van der Waals surface area (Å²) < 4.78 is 5.47. The van der Waals surface area contributed by atoms with Gasteiger partial charge in [-0.25, -0.2) is 5.48 Å². The summed E-state index contributed by atoms with van der Waals surface area (Å²) in [5.41, 5.74) is 1.34. The minimum Gasteiger partial charge on any atom is -0.507 e. The molecule has 0 aliphatic heterocycles. The number of benzene rings is 1. The van der Waals surface area contributed by atoms with Gasteiger partial charge in [-0.3, -0.25) is 10.0 Å². The first kappa shape index (κ1) is 13.3. The van der Waals surface area contributed by atoms with E-state index in [0.717, 1.165) is 0 Å². The molecule has 1 rings (SSSR count). The van der Waals surface area contributed by atoms with E-state index in [-0.39, 0.29) is 22.5 Å². The van der Waals surface area contributed by atoms with Crippen LogP contribution in [0.1, 0.15) is 31.1 Å². The van der Waals surface area contributed by atoms with E-state index < -0.39 is 5.91 Å². The molecule has 0 unspecified atom stereocenters. The van der Waals surface area contributed by atoms with Crippen molar-refractivity contribution in [1.82, 2.24) is 5.48 Å². The van der Waals surface area contributed by atoms with E-state index in [1.807, 2.05) is 20.8 Å². The number of phenolic OH excluding ortho intramolecular Hbond substituents is 1. The van der Waals surface area contributed by atoms with Crippen molar-refractivity contribution in [1.29, 1.82) is 0 Å². The van der Waals surface area contributed by atoms with Crippen LogP contribution in [0.15, 0.2) is 18.2 Å². The van der Waals surface area contributed by atoms with Crippen LogP contribution in [-0.2, 0) is 0 Å². The van der Waals surface area contributed by atoms with E-state index in [0.29, 0.717) is 6.61 Å². The molecule has 3 N–H and O–H groups in total. The summed E-state index contributed by atoms with van der Waals surface area (Å²) in [7, 11) is 0. The molecule has 1 amide bonds. The lowest BCUT2D eigenvalue weighted by Crippen LogP contribution is -2.22. The molecule has 0 aliphatic rings. The molecule has 0 aliphatic carbocycles. The van der Waals surface area contributed by atoms with Gasteiger partial charge in [0, 0.05) is 0 Å². The third kappa shape index (κ3) is 3.64. The van der Waals surface area contributed by atoms with Gasteiger partial charge in [0.2, 0.25) is 0 Å². The molecule has 0 spiro atoms. The molecule has 5 nitrogen and oxygen atoms in total. The van der Waals surface area contributed by atoms with Crippen LogP contribution in [0, 0.1) is 5.41 Å². The van der Waals surface area contributed by atoms with Crippen LogP contribution < -0.4 is 10.2 Å². The van der Waals surface area contributed by atoms with Crippen LogP contribution in [0.4, 0.5) is 0 Å². The van der Waals surface area contributed by atoms with Gasteiger partial charge in [-0.15, -0.1) is 0 Å². The highest BCUT2D eigenvalue weighted by atomic mass is 16.5. The van der Waals surface area contributed by atoms with Crippen molar-refractivity contribution in [3.8, 4) is 11.5 Å². The first-order chi connectivity index (χ1) is 7.85. The normalized spacial score (nSPS) is 11.1. The number of carbonyl (C=O) groups excluding carboxylic acids is 1. The van der Waals surface area contributed by atoms with Crippen LogP contribution in [-0.4, -0.2) is 22.8 Å². The van der Waals surface area contributed by atoms with Crippen LogP contribution in [0.5, 0.6) is 11.5 Å². The number of hydroxylamine groups is 1. The molecular weight excluding hydrogens is 222 g/mol.